The Labute approximate surface area is 250 Å². The number of carbonyl (C=O) groups excluding carboxylic acids is 1. The third kappa shape index (κ3) is 10.5. The predicted octanol–water partition coefficient (Wildman–Crippen LogP) is 7.64. The fourth-order valence-electron chi connectivity index (χ4n) is 3.99. The molecule has 0 unspecified atom stereocenters. The number of ketones is 1. The van der Waals surface area contributed by atoms with Crippen molar-refractivity contribution < 1.29 is 23.4 Å². The number of nitrogens with zero attached hydrogens (tertiary/aromatic N) is 3. The van der Waals surface area contributed by atoms with Crippen LogP contribution in [-0.2, 0) is 43.3 Å². The summed E-state index contributed by atoms with van der Waals surface area (Å²) in [4.78, 5) is 16.9. The topological polar surface area (TPSA) is 103 Å². The highest BCUT2D eigenvalue weighted by molar-refractivity contribution is 6.74. The van der Waals surface area contributed by atoms with E-state index in [2.05, 4.69) is 43.9 Å². The van der Waals surface area contributed by atoms with E-state index in [0.717, 1.165) is 16.7 Å². The van der Waals surface area contributed by atoms with Crippen LogP contribution in [0.4, 0.5) is 0 Å². The van der Waals surface area contributed by atoms with Gasteiger partial charge in [0, 0.05) is 11.5 Å². The first kappa shape index (κ1) is 33.2. The largest absolute Gasteiger partial charge is 0.416 e. The molecule has 0 bridgehead atoms. The van der Waals surface area contributed by atoms with Crippen LogP contribution in [0.25, 0.3) is 10.4 Å². The van der Waals surface area contributed by atoms with E-state index in [1.54, 1.807) is 0 Å². The van der Waals surface area contributed by atoms with Gasteiger partial charge in [-0.15, -0.1) is 0 Å². The van der Waals surface area contributed by atoms with Crippen molar-refractivity contribution in [3.63, 3.8) is 0 Å². The van der Waals surface area contributed by atoms with Gasteiger partial charge in [0.2, 0.25) is 0 Å². The zero-order valence-corrected chi connectivity index (χ0v) is 26.3. The zero-order valence-electron chi connectivity index (χ0n) is 25.3. The summed E-state index contributed by atoms with van der Waals surface area (Å²) in [5, 5.41) is 4.03. The number of benzene rings is 3. The molecule has 3 aromatic rings. The first-order valence-electron chi connectivity index (χ1n) is 14.2. The second-order valence-electron chi connectivity index (χ2n) is 11.8. The van der Waals surface area contributed by atoms with E-state index in [0.29, 0.717) is 0 Å². The average molecular weight is 590 g/mol. The lowest BCUT2D eigenvalue weighted by Gasteiger charge is -2.38. The summed E-state index contributed by atoms with van der Waals surface area (Å²) < 4.78 is 25.0. The van der Waals surface area contributed by atoms with Gasteiger partial charge in [0.1, 0.15) is 18.8 Å². The van der Waals surface area contributed by atoms with E-state index in [-0.39, 0.29) is 43.9 Å². The predicted molar refractivity (Wildman–Crippen MR) is 167 cm³/mol. The molecular weight excluding hydrogens is 546 g/mol. The number of hydrogen-bond donors (Lipinski definition) is 0. The van der Waals surface area contributed by atoms with E-state index < -0.39 is 26.6 Å². The molecule has 0 aliphatic rings. The summed E-state index contributed by atoms with van der Waals surface area (Å²) in [5.74, 6) is -0.301. The number of rotatable bonds is 17. The smallest absolute Gasteiger partial charge is 0.191 e. The van der Waals surface area contributed by atoms with Crippen LogP contribution in [0.3, 0.4) is 0 Å². The molecule has 8 nitrogen and oxygen atoms in total. The van der Waals surface area contributed by atoms with Gasteiger partial charge in [-0.3, -0.25) is 4.79 Å². The fraction of sp³-hybridized carbons (Fsp3) is 0.424. The van der Waals surface area contributed by atoms with Crippen LogP contribution in [0.15, 0.2) is 96.1 Å². The first-order chi connectivity index (χ1) is 20.1. The fourth-order valence-corrected chi connectivity index (χ4v) is 5.01. The van der Waals surface area contributed by atoms with Crippen LogP contribution in [0.2, 0.25) is 18.1 Å². The second kappa shape index (κ2) is 16.4. The minimum Gasteiger partial charge on any atom is -0.416 e. The highest BCUT2D eigenvalue weighted by Gasteiger charge is 2.41. The van der Waals surface area contributed by atoms with Crippen molar-refractivity contribution in [2.45, 2.75) is 77.0 Å². The molecule has 0 aromatic heterocycles. The lowest BCUT2D eigenvalue weighted by Crippen LogP contribution is -2.50. The van der Waals surface area contributed by atoms with Crippen LogP contribution in [0.1, 0.15) is 37.5 Å². The summed E-state index contributed by atoms with van der Waals surface area (Å²) in [7, 11) is -2.21. The van der Waals surface area contributed by atoms with Gasteiger partial charge in [0.15, 0.2) is 14.1 Å². The van der Waals surface area contributed by atoms with Crippen molar-refractivity contribution in [2.24, 2.45) is 5.11 Å². The molecule has 0 aliphatic heterocycles. The Balaban J connectivity index is 1.89. The number of azide groups is 1. The Morgan fingerprint density at radius 2 is 1.29 bits per heavy atom. The van der Waals surface area contributed by atoms with Crippen LogP contribution < -0.4 is 0 Å². The summed E-state index contributed by atoms with van der Waals surface area (Å²) in [5.41, 5.74) is 12.3. The minimum absolute atomic E-state index is 0.0569. The van der Waals surface area contributed by atoms with Crippen molar-refractivity contribution in [3.8, 4) is 0 Å². The molecule has 9 heteroatoms. The van der Waals surface area contributed by atoms with Gasteiger partial charge < -0.3 is 18.6 Å². The molecule has 0 radical (unpaired) electrons. The highest BCUT2D eigenvalue weighted by atomic mass is 28.4. The molecule has 3 aromatic carbocycles. The molecule has 3 atom stereocenters. The summed E-state index contributed by atoms with van der Waals surface area (Å²) in [6.45, 7) is 11.3. The number of ether oxygens (including phenoxy) is 3. The maximum absolute atomic E-state index is 13.8. The second-order valence-corrected chi connectivity index (χ2v) is 16.6. The standard InChI is InChI=1S/C33H43N3O5Si/c1-33(2,3)42(4,5)41-24-29(35-36-34)31(39-22-27-17-11-7-12-18-27)32(40-23-28-19-13-8-14-20-28)30(37)25-38-21-26-15-9-6-10-16-26/h6-20,29,31-32H,21-25H2,1-5H3/t29-,31-,32-/m1/s1. The number of Topliss-reactive ketones (excluding diaryl/α,β-unsaturated/α-hetero) is 1. The molecule has 0 heterocycles. The Hall–Kier alpha value is -3.30. The number of hydrogen-bond acceptors (Lipinski definition) is 6. The molecule has 0 aliphatic carbocycles. The van der Waals surface area contributed by atoms with Gasteiger partial charge in [0.05, 0.1) is 25.9 Å². The maximum Gasteiger partial charge on any atom is 0.191 e. The van der Waals surface area contributed by atoms with E-state index in [9.17, 15) is 10.3 Å². The third-order valence-electron chi connectivity index (χ3n) is 7.53. The molecule has 0 fully saturated rings. The van der Waals surface area contributed by atoms with Gasteiger partial charge in [-0.25, -0.2) is 0 Å². The molecular formula is C33H43N3O5Si. The van der Waals surface area contributed by atoms with E-state index in [1.807, 2.05) is 91.0 Å². The summed E-state index contributed by atoms with van der Waals surface area (Å²) in [6, 6.07) is 28.1. The molecule has 0 saturated carbocycles. The van der Waals surface area contributed by atoms with Gasteiger partial charge in [0.25, 0.3) is 0 Å². The molecule has 3 rings (SSSR count). The maximum atomic E-state index is 13.8. The Bertz CT molecular complexity index is 1260. The Morgan fingerprint density at radius 1 is 0.810 bits per heavy atom. The van der Waals surface area contributed by atoms with E-state index in [4.69, 9.17) is 18.6 Å². The normalized spacial score (nSPS) is 14.0. The van der Waals surface area contributed by atoms with Crippen molar-refractivity contribution in [1.29, 1.82) is 0 Å². The molecule has 0 saturated heterocycles. The zero-order chi connectivity index (χ0) is 30.4. The van der Waals surface area contributed by atoms with Crippen molar-refractivity contribution in [2.75, 3.05) is 13.2 Å². The lowest BCUT2D eigenvalue weighted by molar-refractivity contribution is -0.153. The molecule has 42 heavy (non-hydrogen) atoms. The molecule has 224 valence electrons. The quantitative estimate of drug-likeness (QED) is 0.0696. The summed E-state index contributed by atoms with van der Waals surface area (Å²) >= 11 is 0. The van der Waals surface area contributed by atoms with Crippen molar-refractivity contribution in [3.05, 3.63) is 118 Å². The molecule has 0 N–H and O–H groups in total. The van der Waals surface area contributed by atoms with Crippen molar-refractivity contribution in [1.82, 2.24) is 0 Å². The average Bonchev–Trinajstić information content (AvgIpc) is 2.98. The first-order valence-corrected chi connectivity index (χ1v) is 17.1. The molecule has 0 spiro atoms. The Kier molecular flexibility index (Phi) is 12.9. The minimum atomic E-state index is -2.21. The summed E-state index contributed by atoms with van der Waals surface area (Å²) in [6.07, 6.45) is -1.98. The SMILES string of the molecule is CC(C)(C)[Si](C)(C)OC[C@@H](N=[N+]=[N-])[C@@H](OCc1ccccc1)[C@H](OCc1ccccc1)C(=O)COCc1ccccc1. The highest BCUT2D eigenvalue weighted by Crippen LogP contribution is 2.37. The van der Waals surface area contributed by atoms with Gasteiger partial charge in [-0.2, -0.15) is 0 Å². The van der Waals surface area contributed by atoms with Crippen LogP contribution in [0, 0.1) is 0 Å². The third-order valence-corrected chi connectivity index (χ3v) is 12.0. The monoisotopic (exact) mass is 589 g/mol. The van der Waals surface area contributed by atoms with Gasteiger partial charge in [-0.1, -0.05) is 117 Å². The van der Waals surface area contributed by atoms with Crippen LogP contribution in [-0.4, -0.2) is 45.6 Å². The van der Waals surface area contributed by atoms with E-state index in [1.165, 1.54) is 0 Å². The Morgan fingerprint density at radius 3 is 1.76 bits per heavy atom. The van der Waals surface area contributed by atoms with Crippen molar-refractivity contribution >= 4 is 14.1 Å². The van der Waals surface area contributed by atoms with Gasteiger partial charge >= 0.3 is 0 Å². The van der Waals surface area contributed by atoms with E-state index >= 15 is 0 Å². The molecule has 0 amide bonds. The number of carbonyl (C=O) groups is 1. The van der Waals surface area contributed by atoms with Crippen LogP contribution >= 0.6 is 0 Å². The van der Waals surface area contributed by atoms with Crippen LogP contribution in [0.5, 0.6) is 0 Å². The lowest BCUT2D eigenvalue weighted by atomic mass is 10.0. The van der Waals surface area contributed by atoms with Gasteiger partial charge in [-0.05, 0) is 40.4 Å².